The maximum Gasteiger partial charge on any atom is 0.341 e. The molecule has 2 rings (SSSR count). The van der Waals surface area contributed by atoms with Crippen LogP contribution < -0.4 is 0 Å². The van der Waals surface area contributed by atoms with Gasteiger partial charge in [-0.25, -0.2) is 14.5 Å². The molecule has 0 aliphatic rings. The molecule has 5 nitrogen and oxygen atoms in total. The van der Waals surface area contributed by atoms with E-state index >= 15 is 0 Å². The number of carbonyl (C=O) groups excluding carboxylic acids is 1. The number of nitrogens with zero attached hydrogens (tertiary/aromatic N) is 3. The Hall–Kier alpha value is -1.88. The summed E-state index contributed by atoms with van der Waals surface area (Å²) in [5, 5.41) is 4.48. The van der Waals surface area contributed by atoms with Crippen molar-refractivity contribution in [3.05, 3.63) is 41.3 Å². The average molecular weight is 252 g/mol. The topological polar surface area (TPSA) is 57.0 Å². The Morgan fingerprint density at radius 2 is 2.41 bits per heavy atom. The number of hydrogen-bond donors (Lipinski definition) is 0. The van der Waals surface area contributed by atoms with E-state index in [0.29, 0.717) is 23.0 Å². The maximum atomic E-state index is 11.4. The molecular weight excluding hydrogens is 242 g/mol. The molecule has 0 amide bonds. The van der Waals surface area contributed by atoms with Gasteiger partial charge in [0.15, 0.2) is 5.82 Å². The van der Waals surface area contributed by atoms with Crippen LogP contribution in [0.15, 0.2) is 30.7 Å². The van der Waals surface area contributed by atoms with Crippen LogP contribution in [-0.4, -0.2) is 27.3 Å². The lowest BCUT2D eigenvalue weighted by atomic mass is 10.4. The molecule has 0 aliphatic heterocycles. The fourth-order valence-corrected chi connectivity index (χ4v) is 1.51. The second kappa shape index (κ2) is 4.97. The molecule has 88 valence electrons. The molecule has 2 heterocycles. The van der Waals surface area contributed by atoms with Gasteiger partial charge >= 0.3 is 5.97 Å². The van der Waals surface area contributed by atoms with Crippen molar-refractivity contribution in [3.63, 3.8) is 0 Å². The van der Waals surface area contributed by atoms with E-state index in [1.165, 1.54) is 17.1 Å². The molecule has 2 aromatic rings. The van der Waals surface area contributed by atoms with Gasteiger partial charge in [0.2, 0.25) is 0 Å². The molecule has 0 aromatic carbocycles. The summed E-state index contributed by atoms with van der Waals surface area (Å²) in [6.45, 7) is 2.08. The highest BCUT2D eigenvalue weighted by molar-refractivity contribution is 6.32. The summed E-state index contributed by atoms with van der Waals surface area (Å²) in [6, 6.07) is 3.43. The van der Waals surface area contributed by atoms with E-state index in [9.17, 15) is 4.79 Å². The van der Waals surface area contributed by atoms with Gasteiger partial charge in [0.25, 0.3) is 0 Å². The van der Waals surface area contributed by atoms with Crippen molar-refractivity contribution in [3.8, 4) is 5.82 Å². The summed E-state index contributed by atoms with van der Waals surface area (Å²) in [4.78, 5) is 15.5. The van der Waals surface area contributed by atoms with Crippen LogP contribution in [0, 0.1) is 0 Å². The van der Waals surface area contributed by atoms with Gasteiger partial charge in [-0.15, -0.1) is 0 Å². The zero-order valence-electron chi connectivity index (χ0n) is 9.13. The van der Waals surface area contributed by atoms with Crippen LogP contribution in [0.2, 0.25) is 5.02 Å². The average Bonchev–Trinajstić information content (AvgIpc) is 2.79. The third-order valence-electron chi connectivity index (χ3n) is 2.05. The highest BCUT2D eigenvalue weighted by Crippen LogP contribution is 2.16. The van der Waals surface area contributed by atoms with Crippen molar-refractivity contribution in [2.24, 2.45) is 0 Å². The number of pyridine rings is 1. The first kappa shape index (κ1) is 11.6. The molecule has 0 bridgehead atoms. The largest absolute Gasteiger partial charge is 0.462 e. The summed E-state index contributed by atoms with van der Waals surface area (Å²) in [6.07, 6.45) is 4.56. The van der Waals surface area contributed by atoms with E-state index in [4.69, 9.17) is 16.3 Å². The van der Waals surface area contributed by atoms with Crippen LogP contribution in [0.5, 0.6) is 0 Å². The number of esters is 1. The predicted molar refractivity (Wildman–Crippen MR) is 62.3 cm³/mol. The van der Waals surface area contributed by atoms with E-state index in [1.54, 1.807) is 25.3 Å². The van der Waals surface area contributed by atoms with Crippen LogP contribution in [0.3, 0.4) is 0 Å². The van der Waals surface area contributed by atoms with Crippen LogP contribution in [0.25, 0.3) is 5.82 Å². The molecule has 0 spiro atoms. The minimum absolute atomic E-state index is 0.328. The number of aromatic nitrogens is 3. The Morgan fingerprint density at radius 1 is 1.59 bits per heavy atom. The molecule has 2 aromatic heterocycles. The predicted octanol–water partition coefficient (Wildman–Crippen LogP) is 2.10. The molecular formula is C11H10ClN3O2. The summed E-state index contributed by atoms with van der Waals surface area (Å²) < 4.78 is 6.30. The van der Waals surface area contributed by atoms with Gasteiger partial charge in [-0.05, 0) is 19.1 Å². The molecule has 17 heavy (non-hydrogen) atoms. The van der Waals surface area contributed by atoms with Crippen molar-refractivity contribution in [1.82, 2.24) is 14.8 Å². The lowest BCUT2D eigenvalue weighted by Gasteiger charge is -2.01. The third-order valence-corrected chi connectivity index (χ3v) is 2.34. The van der Waals surface area contributed by atoms with E-state index in [1.807, 2.05) is 0 Å². The monoisotopic (exact) mass is 251 g/mol. The van der Waals surface area contributed by atoms with Crippen molar-refractivity contribution in [2.75, 3.05) is 6.61 Å². The summed E-state index contributed by atoms with van der Waals surface area (Å²) >= 11 is 5.97. The van der Waals surface area contributed by atoms with Gasteiger partial charge in [0.05, 0.1) is 23.4 Å². The van der Waals surface area contributed by atoms with Crippen molar-refractivity contribution in [2.45, 2.75) is 6.92 Å². The van der Waals surface area contributed by atoms with Gasteiger partial charge in [-0.1, -0.05) is 11.6 Å². The molecule has 0 radical (unpaired) electrons. The van der Waals surface area contributed by atoms with Gasteiger partial charge < -0.3 is 4.74 Å². The Labute approximate surface area is 103 Å². The molecule has 0 saturated carbocycles. The second-order valence-corrected chi connectivity index (χ2v) is 3.61. The number of hydrogen-bond acceptors (Lipinski definition) is 4. The lowest BCUT2D eigenvalue weighted by Crippen LogP contribution is -2.03. The molecule has 0 aliphatic carbocycles. The molecule has 0 saturated heterocycles. The Morgan fingerprint density at radius 3 is 3.12 bits per heavy atom. The van der Waals surface area contributed by atoms with Gasteiger partial charge in [-0.3, -0.25) is 0 Å². The normalized spacial score (nSPS) is 10.2. The van der Waals surface area contributed by atoms with E-state index in [-0.39, 0.29) is 0 Å². The second-order valence-electron chi connectivity index (χ2n) is 3.20. The van der Waals surface area contributed by atoms with Crippen molar-refractivity contribution < 1.29 is 9.53 Å². The van der Waals surface area contributed by atoms with Crippen molar-refractivity contribution >= 4 is 17.6 Å². The van der Waals surface area contributed by atoms with E-state index in [0.717, 1.165) is 0 Å². The fourth-order valence-electron chi connectivity index (χ4n) is 1.30. The van der Waals surface area contributed by atoms with Crippen LogP contribution in [-0.2, 0) is 4.74 Å². The Bertz CT molecular complexity index is 539. The Balaban J connectivity index is 2.30. The van der Waals surface area contributed by atoms with E-state index in [2.05, 4.69) is 10.1 Å². The van der Waals surface area contributed by atoms with Gasteiger partial charge in [0.1, 0.15) is 0 Å². The smallest absolute Gasteiger partial charge is 0.341 e. The highest BCUT2D eigenvalue weighted by atomic mass is 35.5. The lowest BCUT2D eigenvalue weighted by molar-refractivity contribution is 0.0526. The van der Waals surface area contributed by atoms with Crippen molar-refractivity contribution in [1.29, 1.82) is 0 Å². The number of rotatable bonds is 3. The molecule has 0 fully saturated rings. The number of halogens is 1. The zero-order chi connectivity index (χ0) is 12.3. The first-order chi connectivity index (χ1) is 8.22. The zero-order valence-corrected chi connectivity index (χ0v) is 9.89. The standard InChI is InChI=1S/C11H10ClN3O2/c1-2-17-11(16)8-6-14-15(7-8)10-9(12)4-3-5-13-10/h3-7H,2H2,1H3. The van der Waals surface area contributed by atoms with Gasteiger partial charge in [0, 0.05) is 12.4 Å². The van der Waals surface area contributed by atoms with Crippen LogP contribution in [0.1, 0.15) is 17.3 Å². The fraction of sp³-hybridized carbons (Fsp3) is 0.182. The van der Waals surface area contributed by atoms with Crippen LogP contribution in [0.4, 0.5) is 0 Å². The summed E-state index contributed by atoms with van der Waals surface area (Å²) in [5.74, 6) is 0.0653. The first-order valence-electron chi connectivity index (χ1n) is 5.05. The Kier molecular flexibility index (Phi) is 3.39. The van der Waals surface area contributed by atoms with E-state index < -0.39 is 5.97 Å². The SMILES string of the molecule is CCOC(=O)c1cnn(-c2ncccc2Cl)c1. The first-order valence-corrected chi connectivity index (χ1v) is 5.43. The minimum atomic E-state index is -0.411. The minimum Gasteiger partial charge on any atom is -0.462 e. The summed E-state index contributed by atoms with van der Waals surface area (Å²) in [5.41, 5.74) is 0.369. The molecule has 0 atom stereocenters. The molecule has 6 heteroatoms. The number of ether oxygens (including phenoxy) is 1. The quantitative estimate of drug-likeness (QED) is 0.784. The van der Waals surface area contributed by atoms with Crippen LogP contribution >= 0.6 is 11.6 Å². The number of carbonyl (C=O) groups is 1. The summed E-state index contributed by atoms with van der Waals surface area (Å²) in [7, 11) is 0. The maximum absolute atomic E-state index is 11.4. The van der Waals surface area contributed by atoms with Gasteiger partial charge in [-0.2, -0.15) is 5.10 Å². The highest BCUT2D eigenvalue weighted by Gasteiger charge is 2.11. The molecule has 0 unspecified atom stereocenters. The third kappa shape index (κ3) is 2.45. The molecule has 0 N–H and O–H groups in total.